The number of ether oxygens (including phenoxy) is 1. The lowest BCUT2D eigenvalue weighted by Crippen LogP contribution is -2.26. The van der Waals surface area contributed by atoms with Crippen LogP contribution in [0.25, 0.3) is 0 Å². The minimum Gasteiger partial charge on any atom is -0.491 e. The molecular formula is C17H20INO2. The molecule has 0 aliphatic heterocycles. The maximum absolute atomic E-state index is 10.00. The van der Waals surface area contributed by atoms with Crippen LogP contribution in [0.2, 0.25) is 0 Å². The number of aryl methyl sites for hydroxylation is 1. The summed E-state index contributed by atoms with van der Waals surface area (Å²) >= 11 is 2.27. The number of benzene rings is 2. The number of hydrogen-bond acceptors (Lipinski definition) is 3. The molecule has 2 aromatic carbocycles. The number of aliphatic hydroxyl groups excluding tert-OH is 1. The molecule has 0 aliphatic rings. The van der Waals surface area contributed by atoms with Crippen LogP contribution < -0.4 is 10.1 Å². The number of hydrogen-bond donors (Lipinski definition) is 2. The molecule has 0 radical (unpaired) electrons. The highest BCUT2D eigenvalue weighted by Gasteiger charge is 2.06. The molecule has 0 saturated carbocycles. The van der Waals surface area contributed by atoms with Gasteiger partial charge in [0.2, 0.25) is 0 Å². The summed E-state index contributed by atoms with van der Waals surface area (Å²) in [6.07, 6.45) is 0.430. The van der Waals surface area contributed by atoms with Gasteiger partial charge in [0.25, 0.3) is 0 Å². The lowest BCUT2D eigenvalue weighted by Gasteiger charge is -2.15. The first kappa shape index (κ1) is 16.1. The van der Waals surface area contributed by atoms with Crippen LogP contribution in [-0.4, -0.2) is 24.4 Å². The molecule has 0 spiro atoms. The van der Waals surface area contributed by atoms with Crippen LogP contribution in [0.5, 0.6) is 5.75 Å². The first-order valence-electron chi connectivity index (χ1n) is 7.07. The molecule has 2 N–H and O–H groups in total. The molecule has 0 fully saturated rings. The summed E-state index contributed by atoms with van der Waals surface area (Å²) in [5.74, 6) is 0.808. The zero-order chi connectivity index (χ0) is 15.1. The second-order valence-electron chi connectivity index (χ2n) is 4.83. The van der Waals surface area contributed by atoms with Crippen LogP contribution in [0.1, 0.15) is 12.5 Å². The van der Waals surface area contributed by atoms with Gasteiger partial charge in [0.1, 0.15) is 18.5 Å². The van der Waals surface area contributed by atoms with E-state index in [1.807, 2.05) is 42.5 Å². The maximum Gasteiger partial charge on any atom is 0.119 e. The van der Waals surface area contributed by atoms with Crippen LogP contribution in [0.3, 0.4) is 0 Å². The lowest BCUT2D eigenvalue weighted by molar-refractivity contribution is 0.117. The van der Waals surface area contributed by atoms with Crippen molar-refractivity contribution in [1.82, 2.24) is 0 Å². The average Bonchev–Trinajstić information content (AvgIpc) is 2.52. The molecule has 3 nitrogen and oxygen atoms in total. The summed E-state index contributed by atoms with van der Waals surface area (Å²) in [6, 6.07) is 16.0. The second-order valence-corrected chi connectivity index (χ2v) is 5.99. The van der Waals surface area contributed by atoms with Crippen LogP contribution in [0, 0.1) is 3.57 Å². The Hall–Kier alpha value is -1.27. The van der Waals surface area contributed by atoms with Crippen molar-refractivity contribution in [3.05, 3.63) is 57.7 Å². The highest BCUT2D eigenvalue weighted by molar-refractivity contribution is 14.1. The fourth-order valence-electron chi connectivity index (χ4n) is 1.94. The molecule has 1 atom stereocenters. The normalized spacial score (nSPS) is 12.0. The van der Waals surface area contributed by atoms with E-state index >= 15 is 0 Å². The monoisotopic (exact) mass is 397 g/mol. The van der Waals surface area contributed by atoms with Crippen molar-refractivity contribution >= 4 is 28.3 Å². The summed E-state index contributed by atoms with van der Waals surface area (Å²) < 4.78 is 6.77. The summed E-state index contributed by atoms with van der Waals surface area (Å²) in [4.78, 5) is 0. The van der Waals surface area contributed by atoms with Gasteiger partial charge in [0, 0.05) is 15.8 Å². The number of halogens is 1. The summed E-state index contributed by atoms with van der Waals surface area (Å²) in [6.45, 7) is 2.86. The Bertz CT molecular complexity index is 574. The largest absolute Gasteiger partial charge is 0.491 e. The number of aliphatic hydroxyl groups is 1. The number of rotatable bonds is 7. The Balaban J connectivity index is 1.79. The Labute approximate surface area is 139 Å². The molecule has 2 aromatic rings. The van der Waals surface area contributed by atoms with E-state index < -0.39 is 6.10 Å². The van der Waals surface area contributed by atoms with Crippen molar-refractivity contribution in [1.29, 1.82) is 0 Å². The third-order valence-corrected chi connectivity index (χ3v) is 4.09. The minimum absolute atomic E-state index is 0.281. The van der Waals surface area contributed by atoms with Gasteiger partial charge in [-0.3, -0.25) is 0 Å². The van der Waals surface area contributed by atoms with Gasteiger partial charge in [-0.15, -0.1) is 0 Å². The van der Waals surface area contributed by atoms with E-state index in [0.29, 0.717) is 6.54 Å². The summed E-state index contributed by atoms with van der Waals surface area (Å²) in [5.41, 5.74) is 2.27. The van der Waals surface area contributed by atoms with E-state index in [2.05, 4.69) is 40.9 Å². The molecule has 2 rings (SSSR count). The predicted molar refractivity (Wildman–Crippen MR) is 95.0 cm³/mol. The third kappa shape index (κ3) is 5.21. The van der Waals surface area contributed by atoms with Crippen LogP contribution in [0.15, 0.2) is 48.5 Å². The number of nitrogens with one attached hydrogen (secondary N) is 1. The van der Waals surface area contributed by atoms with E-state index in [-0.39, 0.29) is 6.61 Å². The van der Waals surface area contributed by atoms with Gasteiger partial charge in [0.15, 0.2) is 0 Å². The van der Waals surface area contributed by atoms with Gasteiger partial charge in [-0.2, -0.15) is 0 Å². The zero-order valence-electron chi connectivity index (χ0n) is 12.1. The van der Waals surface area contributed by atoms with Gasteiger partial charge in [-0.05, 0) is 58.8 Å². The SMILES string of the molecule is CCc1cccc(OCC(O)CNc2ccccc2I)c1. The van der Waals surface area contributed by atoms with E-state index in [9.17, 15) is 5.11 Å². The Morgan fingerprint density at radius 2 is 2.00 bits per heavy atom. The molecule has 0 amide bonds. The van der Waals surface area contributed by atoms with Crippen LogP contribution >= 0.6 is 22.6 Å². The van der Waals surface area contributed by atoms with Crippen LogP contribution in [0.4, 0.5) is 5.69 Å². The van der Waals surface area contributed by atoms with E-state index in [1.165, 1.54) is 5.56 Å². The molecule has 4 heteroatoms. The predicted octanol–water partition coefficient (Wildman–Crippen LogP) is 3.71. The fourth-order valence-corrected chi connectivity index (χ4v) is 2.52. The molecular weight excluding hydrogens is 377 g/mol. The highest BCUT2D eigenvalue weighted by Crippen LogP contribution is 2.17. The van der Waals surface area contributed by atoms with E-state index in [0.717, 1.165) is 21.4 Å². The Morgan fingerprint density at radius 1 is 1.19 bits per heavy atom. The van der Waals surface area contributed by atoms with Crippen molar-refractivity contribution < 1.29 is 9.84 Å². The van der Waals surface area contributed by atoms with Crippen molar-refractivity contribution in [2.24, 2.45) is 0 Å². The van der Waals surface area contributed by atoms with E-state index in [1.54, 1.807) is 0 Å². The molecule has 0 saturated heterocycles. The molecule has 0 aromatic heterocycles. The van der Waals surface area contributed by atoms with Crippen molar-refractivity contribution in [2.75, 3.05) is 18.5 Å². The molecule has 112 valence electrons. The zero-order valence-corrected chi connectivity index (χ0v) is 14.2. The first-order valence-corrected chi connectivity index (χ1v) is 8.15. The number of para-hydroxylation sites is 1. The molecule has 0 bridgehead atoms. The molecule has 1 unspecified atom stereocenters. The van der Waals surface area contributed by atoms with Crippen molar-refractivity contribution in [3.8, 4) is 5.75 Å². The van der Waals surface area contributed by atoms with Crippen molar-refractivity contribution in [2.45, 2.75) is 19.4 Å². The minimum atomic E-state index is -0.550. The Morgan fingerprint density at radius 3 is 2.76 bits per heavy atom. The lowest BCUT2D eigenvalue weighted by atomic mass is 10.2. The van der Waals surface area contributed by atoms with Gasteiger partial charge in [0.05, 0.1) is 0 Å². The van der Waals surface area contributed by atoms with Gasteiger partial charge in [-0.25, -0.2) is 0 Å². The van der Waals surface area contributed by atoms with Gasteiger partial charge < -0.3 is 15.2 Å². The second kappa shape index (κ2) is 8.24. The fraction of sp³-hybridized carbons (Fsp3) is 0.294. The van der Waals surface area contributed by atoms with Gasteiger partial charge >= 0.3 is 0 Å². The van der Waals surface area contributed by atoms with Crippen LogP contribution in [-0.2, 0) is 6.42 Å². The topological polar surface area (TPSA) is 41.5 Å². The molecule has 0 aliphatic carbocycles. The summed E-state index contributed by atoms with van der Waals surface area (Å²) in [7, 11) is 0. The molecule has 0 heterocycles. The van der Waals surface area contributed by atoms with Crippen molar-refractivity contribution in [3.63, 3.8) is 0 Å². The first-order chi connectivity index (χ1) is 10.2. The maximum atomic E-state index is 10.00. The van der Waals surface area contributed by atoms with Gasteiger partial charge in [-0.1, -0.05) is 31.2 Å². The number of anilines is 1. The highest BCUT2D eigenvalue weighted by atomic mass is 127. The molecule has 21 heavy (non-hydrogen) atoms. The summed E-state index contributed by atoms with van der Waals surface area (Å²) in [5, 5.41) is 13.2. The van der Waals surface area contributed by atoms with E-state index in [4.69, 9.17) is 4.74 Å². The Kier molecular flexibility index (Phi) is 6.32. The quantitative estimate of drug-likeness (QED) is 0.701. The third-order valence-electron chi connectivity index (χ3n) is 3.15. The average molecular weight is 397 g/mol. The standard InChI is InChI=1S/C17H20INO2/c1-2-13-6-5-7-15(10-13)21-12-14(20)11-19-17-9-4-3-8-16(17)18/h3-10,14,19-20H,2,11-12H2,1H3. The smallest absolute Gasteiger partial charge is 0.119 e.